The van der Waals surface area contributed by atoms with Crippen molar-refractivity contribution in [3.8, 4) is 5.75 Å². The average molecular weight is 259 g/mol. The van der Waals surface area contributed by atoms with Crippen LogP contribution in [0.5, 0.6) is 5.75 Å². The van der Waals surface area contributed by atoms with E-state index >= 15 is 0 Å². The van der Waals surface area contributed by atoms with Gasteiger partial charge >= 0.3 is 0 Å². The number of nitrogens with two attached hydrogens (primary N) is 1. The van der Waals surface area contributed by atoms with E-state index in [1.165, 1.54) is 0 Å². The van der Waals surface area contributed by atoms with Gasteiger partial charge in [-0.05, 0) is 30.7 Å². The van der Waals surface area contributed by atoms with Crippen molar-refractivity contribution in [3.05, 3.63) is 29.3 Å². The van der Waals surface area contributed by atoms with Crippen molar-refractivity contribution in [2.45, 2.75) is 6.42 Å². The van der Waals surface area contributed by atoms with Crippen LogP contribution >= 0.6 is 11.6 Å². The zero-order valence-corrected chi connectivity index (χ0v) is 10.1. The van der Waals surface area contributed by atoms with Gasteiger partial charge in [-0.15, -0.1) is 0 Å². The third-order valence-electron chi connectivity index (χ3n) is 1.94. The zero-order chi connectivity index (χ0) is 12.5. The van der Waals surface area contributed by atoms with E-state index in [0.717, 1.165) is 0 Å². The fraction of sp³-hybridized carbons (Fsp3) is 0.364. The van der Waals surface area contributed by atoms with Crippen LogP contribution in [0.2, 0.25) is 5.02 Å². The molecule has 1 aromatic rings. The molecule has 0 aliphatic rings. The lowest BCUT2D eigenvalue weighted by Crippen LogP contribution is -2.30. The van der Waals surface area contributed by atoms with Crippen molar-refractivity contribution in [1.82, 2.24) is 5.32 Å². The Hall–Kier alpha value is -1.30. The van der Waals surface area contributed by atoms with E-state index in [4.69, 9.17) is 22.2 Å². The lowest BCUT2D eigenvalue weighted by Gasteiger charge is -2.07. The largest absolute Gasteiger partial charge is 0.484 e. The lowest BCUT2D eigenvalue weighted by molar-refractivity contribution is -0.123. The molecule has 0 radical (unpaired) electrons. The molecule has 0 fully saturated rings. The highest BCUT2D eigenvalue weighted by Crippen LogP contribution is 2.15. The summed E-state index contributed by atoms with van der Waals surface area (Å²) in [5.41, 5.74) is 0. The van der Waals surface area contributed by atoms with Crippen LogP contribution in [0.15, 0.2) is 24.3 Å². The van der Waals surface area contributed by atoms with Gasteiger partial charge < -0.3 is 14.9 Å². The monoisotopic (exact) mass is 258 g/mol. The van der Waals surface area contributed by atoms with Gasteiger partial charge in [0.2, 0.25) is 0 Å². The Morgan fingerprint density at radius 1 is 1.35 bits per heavy atom. The maximum atomic E-state index is 11.3. The van der Waals surface area contributed by atoms with E-state index in [1.54, 1.807) is 24.3 Å². The lowest BCUT2D eigenvalue weighted by atomic mass is 10.3. The molecule has 0 spiro atoms. The van der Waals surface area contributed by atoms with Crippen LogP contribution in [0.4, 0.5) is 0 Å². The number of rotatable bonds is 7. The van der Waals surface area contributed by atoms with Crippen LogP contribution in [0, 0.1) is 0 Å². The van der Waals surface area contributed by atoms with Crippen molar-refractivity contribution in [2.24, 2.45) is 5.90 Å². The van der Waals surface area contributed by atoms with Crippen molar-refractivity contribution in [3.63, 3.8) is 0 Å². The van der Waals surface area contributed by atoms with Crippen LogP contribution in [-0.4, -0.2) is 25.7 Å². The Kier molecular flexibility index (Phi) is 6.39. The highest BCUT2D eigenvalue weighted by Gasteiger charge is 2.01. The molecular weight excluding hydrogens is 244 g/mol. The molecule has 0 unspecified atom stereocenters. The standard InChI is InChI=1S/C11H15ClN2O3/c12-9-2-4-10(5-3-9)16-8-11(15)14-6-1-7-17-13/h2-5H,1,6-8,13H2,(H,14,15). The van der Waals surface area contributed by atoms with Gasteiger partial charge in [-0.1, -0.05) is 11.6 Å². The number of carbonyl (C=O) groups is 1. The molecule has 3 N–H and O–H groups in total. The number of hydrogen-bond acceptors (Lipinski definition) is 4. The summed E-state index contributed by atoms with van der Waals surface area (Å²) in [6.07, 6.45) is 0.670. The predicted molar refractivity (Wildman–Crippen MR) is 64.7 cm³/mol. The van der Waals surface area contributed by atoms with E-state index in [0.29, 0.717) is 30.3 Å². The minimum Gasteiger partial charge on any atom is -0.484 e. The molecule has 0 heterocycles. The molecule has 6 heteroatoms. The molecule has 17 heavy (non-hydrogen) atoms. The molecule has 0 aromatic heterocycles. The molecule has 1 aromatic carbocycles. The minimum atomic E-state index is -0.183. The first kappa shape index (κ1) is 13.8. The maximum Gasteiger partial charge on any atom is 0.257 e. The van der Waals surface area contributed by atoms with E-state index in [1.807, 2.05) is 0 Å². The second kappa shape index (κ2) is 7.89. The van der Waals surface area contributed by atoms with Gasteiger partial charge in [0.25, 0.3) is 5.91 Å². The summed E-state index contributed by atoms with van der Waals surface area (Å²) in [4.78, 5) is 15.7. The van der Waals surface area contributed by atoms with Crippen LogP contribution in [0.3, 0.4) is 0 Å². The quantitative estimate of drug-likeness (QED) is 0.568. The van der Waals surface area contributed by atoms with E-state index in [9.17, 15) is 4.79 Å². The highest BCUT2D eigenvalue weighted by atomic mass is 35.5. The Labute approximate surface area is 105 Å². The molecule has 94 valence electrons. The summed E-state index contributed by atoms with van der Waals surface area (Å²) in [7, 11) is 0. The van der Waals surface area contributed by atoms with Crippen LogP contribution in [0.1, 0.15) is 6.42 Å². The number of nitrogens with one attached hydrogen (secondary N) is 1. The summed E-state index contributed by atoms with van der Waals surface area (Å²) in [5, 5.41) is 3.30. The Bertz CT molecular complexity index is 343. The molecule has 0 saturated heterocycles. The fourth-order valence-electron chi connectivity index (χ4n) is 1.11. The van der Waals surface area contributed by atoms with Crippen LogP contribution < -0.4 is 16.0 Å². The molecule has 0 aliphatic carbocycles. The van der Waals surface area contributed by atoms with Gasteiger partial charge in [0.15, 0.2) is 6.61 Å². The topological polar surface area (TPSA) is 73.6 Å². The van der Waals surface area contributed by atoms with Gasteiger partial charge in [-0.2, -0.15) is 0 Å². The number of halogens is 1. The van der Waals surface area contributed by atoms with Crippen molar-refractivity contribution < 1.29 is 14.4 Å². The average Bonchev–Trinajstić information content (AvgIpc) is 2.34. The van der Waals surface area contributed by atoms with Crippen molar-refractivity contribution in [2.75, 3.05) is 19.8 Å². The number of amides is 1. The molecule has 5 nitrogen and oxygen atoms in total. The number of ether oxygens (including phenoxy) is 1. The minimum absolute atomic E-state index is 0.0227. The van der Waals surface area contributed by atoms with E-state index in [-0.39, 0.29) is 12.5 Å². The first-order valence-corrected chi connectivity index (χ1v) is 5.57. The second-order valence-corrected chi connectivity index (χ2v) is 3.75. The van der Waals surface area contributed by atoms with Gasteiger partial charge in [-0.25, -0.2) is 5.90 Å². The number of hydrogen-bond donors (Lipinski definition) is 2. The normalized spacial score (nSPS) is 10.0. The van der Waals surface area contributed by atoms with Crippen LogP contribution in [-0.2, 0) is 9.63 Å². The first-order chi connectivity index (χ1) is 8.22. The molecule has 0 aliphatic heterocycles. The molecular formula is C11H15ClN2O3. The third-order valence-corrected chi connectivity index (χ3v) is 2.20. The summed E-state index contributed by atoms with van der Waals surface area (Å²) in [6.45, 7) is 0.906. The summed E-state index contributed by atoms with van der Waals surface area (Å²) in [5.74, 6) is 5.27. The van der Waals surface area contributed by atoms with Gasteiger partial charge in [0.05, 0.1) is 6.61 Å². The molecule has 0 bridgehead atoms. The molecule has 1 rings (SSSR count). The SMILES string of the molecule is NOCCCNC(=O)COc1ccc(Cl)cc1. The summed E-state index contributed by atoms with van der Waals surface area (Å²) < 4.78 is 5.25. The smallest absolute Gasteiger partial charge is 0.257 e. The predicted octanol–water partition coefficient (Wildman–Crippen LogP) is 1.12. The molecule has 1 amide bonds. The van der Waals surface area contributed by atoms with Gasteiger partial charge in [-0.3, -0.25) is 4.79 Å². The fourth-order valence-corrected chi connectivity index (χ4v) is 1.24. The van der Waals surface area contributed by atoms with E-state index < -0.39 is 0 Å². The molecule has 0 saturated carbocycles. The number of carbonyl (C=O) groups excluding carboxylic acids is 1. The Morgan fingerprint density at radius 3 is 2.71 bits per heavy atom. The zero-order valence-electron chi connectivity index (χ0n) is 9.32. The van der Waals surface area contributed by atoms with Crippen molar-refractivity contribution >= 4 is 17.5 Å². The highest BCUT2D eigenvalue weighted by molar-refractivity contribution is 6.30. The summed E-state index contributed by atoms with van der Waals surface area (Å²) >= 11 is 5.72. The van der Waals surface area contributed by atoms with E-state index in [2.05, 4.69) is 10.2 Å². The first-order valence-electron chi connectivity index (χ1n) is 5.19. The third kappa shape index (κ3) is 6.11. The maximum absolute atomic E-state index is 11.3. The Morgan fingerprint density at radius 2 is 2.06 bits per heavy atom. The van der Waals surface area contributed by atoms with Crippen molar-refractivity contribution in [1.29, 1.82) is 0 Å². The van der Waals surface area contributed by atoms with Gasteiger partial charge in [0, 0.05) is 11.6 Å². The van der Waals surface area contributed by atoms with Crippen LogP contribution in [0.25, 0.3) is 0 Å². The molecule has 0 atom stereocenters. The number of benzene rings is 1. The van der Waals surface area contributed by atoms with Gasteiger partial charge in [0.1, 0.15) is 5.75 Å². The second-order valence-electron chi connectivity index (χ2n) is 3.32. The Balaban J connectivity index is 2.17. The summed E-state index contributed by atoms with van der Waals surface area (Å²) in [6, 6.07) is 6.82.